The van der Waals surface area contributed by atoms with Crippen LogP contribution in [0.3, 0.4) is 0 Å². The molecule has 2 rings (SSSR count). The van der Waals surface area contributed by atoms with E-state index in [0.717, 1.165) is 18.4 Å². The molecule has 0 atom stereocenters. The third kappa shape index (κ3) is 4.98. The zero-order valence-corrected chi connectivity index (χ0v) is 15.2. The van der Waals surface area contributed by atoms with Crippen LogP contribution in [0.2, 0.25) is 5.02 Å². The summed E-state index contributed by atoms with van der Waals surface area (Å²) in [6.07, 6.45) is 0.916. The van der Waals surface area contributed by atoms with Crippen molar-refractivity contribution in [2.24, 2.45) is 0 Å². The quantitative estimate of drug-likeness (QED) is 0.727. The van der Waals surface area contributed by atoms with Crippen molar-refractivity contribution >= 4 is 38.9 Å². The molecule has 0 aliphatic rings. The van der Waals surface area contributed by atoms with Gasteiger partial charge in [-0.2, -0.15) is 0 Å². The van der Waals surface area contributed by atoms with Crippen molar-refractivity contribution in [2.75, 3.05) is 18.1 Å². The van der Waals surface area contributed by atoms with Gasteiger partial charge >= 0.3 is 0 Å². The van der Waals surface area contributed by atoms with Crippen molar-refractivity contribution in [3.63, 3.8) is 0 Å². The summed E-state index contributed by atoms with van der Waals surface area (Å²) in [6, 6.07) is 4.96. The van der Waals surface area contributed by atoms with Gasteiger partial charge in [-0.3, -0.25) is 9.59 Å². The predicted octanol–water partition coefficient (Wildman–Crippen LogP) is 2.53. The molecule has 0 saturated heterocycles. The van der Waals surface area contributed by atoms with Crippen LogP contribution >= 0.6 is 11.6 Å². The van der Waals surface area contributed by atoms with Gasteiger partial charge in [-0.1, -0.05) is 11.6 Å². The summed E-state index contributed by atoms with van der Waals surface area (Å²) in [5, 5.41) is 4.09. The molecule has 0 saturated carbocycles. The SMILES string of the molecule is CS(=O)(=O)c1cc(C(=O)NCC(=O)Nc2ccc(F)c(F)c2F)ccc1Cl. The molecule has 2 aromatic carbocycles. The Morgan fingerprint density at radius 1 is 1.07 bits per heavy atom. The molecule has 0 spiro atoms. The number of carbonyl (C=O) groups excluding carboxylic acids is 2. The van der Waals surface area contributed by atoms with Crippen molar-refractivity contribution < 1.29 is 31.2 Å². The highest BCUT2D eigenvalue weighted by atomic mass is 35.5. The second-order valence-electron chi connectivity index (χ2n) is 5.37. The maximum Gasteiger partial charge on any atom is 0.251 e. The fourth-order valence-corrected chi connectivity index (χ4v) is 3.31. The number of anilines is 1. The van der Waals surface area contributed by atoms with Gasteiger partial charge in [0, 0.05) is 11.8 Å². The van der Waals surface area contributed by atoms with E-state index in [2.05, 4.69) is 5.32 Å². The van der Waals surface area contributed by atoms with Crippen LogP contribution in [0.4, 0.5) is 18.9 Å². The van der Waals surface area contributed by atoms with Crippen LogP contribution < -0.4 is 10.6 Å². The lowest BCUT2D eigenvalue weighted by molar-refractivity contribution is -0.115. The molecule has 0 aliphatic heterocycles. The molecule has 2 N–H and O–H groups in total. The van der Waals surface area contributed by atoms with Crippen LogP contribution in [0.1, 0.15) is 10.4 Å². The number of amides is 2. The number of nitrogens with one attached hydrogen (secondary N) is 2. The second kappa shape index (κ2) is 7.97. The first-order valence-electron chi connectivity index (χ1n) is 7.22. The Bertz CT molecular complexity index is 1030. The van der Waals surface area contributed by atoms with Gasteiger partial charge in [-0.25, -0.2) is 21.6 Å². The minimum absolute atomic E-state index is 0.0689. The zero-order valence-electron chi connectivity index (χ0n) is 13.6. The zero-order chi connectivity index (χ0) is 20.4. The van der Waals surface area contributed by atoms with Crippen molar-refractivity contribution in [3.05, 3.63) is 58.4 Å². The van der Waals surface area contributed by atoms with Crippen LogP contribution in [0.15, 0.2) is 35.2 Å². The molecule has 6 nitrogen and oxygen atoms in total. The lowest BCUT2D eigenvalue weighted by atomic mass is 10.2. The van der Waals surface area contributed by atoms with E-state index < -0.39 is 51.3 Å². The molecule has 0 aliphatic carbocycles. The van der Waals surface area contributed by atoms with Gasteiger partial charge in [0.2, 0.25) is 5.91 Å². The maximum atomic E-state index is 13.5. The summed E-state index contributed by atoms with van der Waals surface area (Å²) < 4.78 is 62.7. The third-order valence-corrected chi connectivity index (χ3v) is 4.89. The molecule has 0 heterocycles. The summed E-state index contributed by atoms with van der Waals surface area (Å²) in [5.74, 6) is -6.44. The molecule has 27 heavy (non-hydrogen) atoms. The highest BCUT2D eigenvalue weighted by Crippen LogP contribution is 2.22. The molecule has 11 heteroatoms. The van der Waals surface area contributed by atoms with Gasteiger partial charge in [0.15, 0.2) is 27.3 Å². The first kappa shape index (κ1) is 20.7. The van der Waals surface area contributed by atoms with E-state index in [1.807, 2.05) is 5.32 Å². The Morgan fingerprint density at radius 3 is 2.37 bits per heavy atom. The van der Waals surface area contributed by atoms with Crippen molar-refractivity contribution in [1.29, 1.82) is 0 Å². The number of benzene rings is 2. The number of hydrogen-bond donors (Lipinski definition) is 2. The van der Waals surface area contributed by atoms with E-state index >= 15 is 0 Å². The van der Waals surface area contributed by atoms with Gasteiger partial charge in [-0.15, -0.1) is 0 Å². The Balaban J connectivity index is 2.06. The molecule has 0 unspecified atom stereocenters. The average molecular weight is 421 g/mol. The van der Waals surface area contributed by atoms with Crippen LogP contribution in [-0.4, -0.2) is 33.0 Å². The fraction of sp³-hybridized carbons (Fsp3) is 0.125. The Kier molecular flexibility index (Phi) is 6.11. The second-order valence-corrected chi connectivity index (χ2v) is 7.76. The van der Waals surface area contributed by atoms with Gasteiger partial charge in [0.25, 0.3) is 5.91 Å². The first-order chi connectivity index (χ1) is 12.5. The Labute approximate surface area is 157 Å². The topological polar surface area (TPSA) is 92.3 Å². The summed E-state index contributed by atoms with van der Waals surface area (Å²) in [5.41, 5.74) is -0.675. The van der Waals surface area contributed by atoms with Crippen molar-refractivity contribution in [1.82, 2.24) is 5.32 Å². The third-order valence-electron chi connectivity index (χ3n) is 3.31. The monoisotopic (exact) mass is 420 g/mol. The smallest absolute Gasteiger partial charge is 0.251 e. The lowest BCUT2D eigenvalue weighted by Crippen LogP contribution is -2.33. The van der Waals surface area contributed by atoms with Gasteiger partial charge in [0.05, 0.1) is 22.2 Å². The number of hydrogen-bond acceptors (Lipinski definition) is 4. The van der Waals surface area contributed by atoms with E-state index in [0.29, 0.717) is 6.07 Å². The Hall–Kier alpha value is -2.59. The molecular formula is C16H12ClF3N2O4S. The number of halogens is 4. The average Bonchev–Trinajstić information content (AvgIpc) is 2.59. The number of rotatable bonds is 5. The van der Waals surface area contributed by atoms with E-state index in [9.17, 15) is 31.2 Å². The summed E-state index contributed by atoms with van der Waals surface area (Å²) in [4.78, 5) is 23.5. The van der Waals surface area contributed by atoms with Crippen LogP contribution in [-0.2, 0) is 14.6 Å². The van der Waals surface area contributed by atoms with E-state index in [1.165, 1.54) is 12.1 Å². The van der Waals surface area contributed by atoms with Gasteiger partial charge in [-0.05, 0) is 30.3 Å². The first-order valence-corrected chi connectivity index (χ1v) is 9.49. The fourth-order valence-electron chi connectivity index (χ4n) is 2.01. The van der Waals surface area contributed by atoms with Gasteiger partial charge < -0.3 is 10.6 Å². The largest absolute Gasteiger partial charge is 0.343 e. The molecular weight excluding hydrogens is 409 g/mol. The minimum atomic E-state index is -3.67. The summed E-state index contributed by atoms with van der Waals surface area (Å²) in [7, 11) is -3.67. The van der Waals surface area contributed by atoms with Crippen molar-refractivity contribution in [2.45, 2.75) is 4.90 Å². The molecule has 144 valence electrons. The minimum Gasteiger partial charge on any atom is -0.343 e. The van der Waals surface area contributed by atoms with Crippen LogP contribution in [0.25, 0.3) is 0 Å². The van der Waals surface area contributed by atoms with Gasteiger partial charge in [0.1, 0.15) is 0 Å². The van der Waals surface area contributed by atoms with E-state index in [4.69, 9.17) is 11.6 Å². The van der Waals surface area contributed by atoms with Crippen molar-refractivity contribution in [3.8, 4) is 0 Å². The molecule has 0 radical (unpaired) electrons. The molecule has 0 bridgehead atoms. The molecule has 2 aromatic rings. The predicted molar refractivity (Wildman–Crippen MR) is 91.8 cm³/mol. The maximum absolute atomic E-state index is 13.5. The lowest BCUT2D eigenvalue weighted by Gasteiger charge is -2.09. The van der Waals surface area contributed by atoms with Crippen LogP contribution in [0.5, 0.6) is 0 Å². The van der Waals surface area contributed by atoms with E-state index in [1.54, 1.807) is 0 Å². The van der Waals surface area contributed by atoms with E-state index in [-0.39, 0.29) is 15.5 Å². The summed E-state index contributed by atoms with van der Waals surface area (Å²) >= 11 is 5.77. The normalized spacial score (nSPS) is 11.1. The highest BCUT2D eigenvalue weighted by Gasteiger charge is 2.18. The number of carbonyl (C=O) groups is 2. The number of sulfone groups is 1. The standard InChI is InChI=1S/C16H12ClF3N2O4S/c1-27(25,26)12-6-8(2-3-9(12)17)16(24)21-7-13(23)22-11-5-4-10(18)14(19)15(11)20/h2-6H,7H2,1H3,(H,21,24)(H,22,23). The molecule has 0 fully saturated rings. The molecule has 2 amide bonds. The van der Waals surface area contributed by atoms with Crippen LogP contribution in [0, 0.1) is 17.5 Å². The summed E-state index contributed by atoms with van der Waals surface area (Å²) in [6.45, 7) is -0.631. The highest BCUT2D eigenvalue weighted by molar-refractivity contribution is 7.90. The molecule has 0 aromatic heterocycles. The Morgan fingerprint density at radius 2 is 1.74 bits per heavy atom.